The van der Waals surface area contributed by atoms with Gasteiger partial charge in [0, 0.05) is 44.4 Å². The summed E-state index contributed by atoms with van der Waals surface area (Å²) in [5.41, 5.74) is -0.362. The van der Waals surface area contributed by atoms with E-state index in [0.717, 1.165) is 19.3 Å². The number of esters is 2. The Hall–Kier alpha value is -1.92. The number of ether oxygens (including phenoxy) is 2. The number of fused-ring (bicyclic) bond motifs is 5. The second-order valence-electron chi connectivity index (χ2n) is 12.4. The molecular formula is C28H42O7. The maximum Gasteiger partial charge on any atom is 0.303 e. The van der Waals surface area contributed by atoms with Gasteiger partial charge in [-0.25, -0.2) is 0 Å². The van der Waals surface area contributed by atoms with Crippen molar-refractivity contribution in [1.82, 2.24) is 0 Å². The second-order valence-corrected chi connectivity index (χ2v) is 12.4. The lowest BCUT2D eigenvalue weighted by Crippen LogP contribution is -2.63. The van der Waals surface area contributed by atoms with Gasteiger partial charge in [-0.15, -0.1) is 0 Å². The first kappa shape index (κ1) is 26.2. The Morgan fingerprint density at radius 3 is 2.37 bits per heavy atom. The van der Waals surface area contributed by atoms with Gasteiger partial charge in [-0.2, -0.15) is 0 Å². The van der Waals surface area contributed by atoms with Crippen LogP contribution in [-0.2, 0) is 28.7 Å². The van der Waals surface area contributed by atoms with Crippen LogP contribution >= 0.6 is 0 Å². The van der Waals surface area contributed by atoms with Gasteiger partial charge in [0.1, 0.15) is 18.0 Å². The molecular weight excluding hydrogens is 448 g/mol. The molecule has 0 bridgehead atoms. The molecule has 0 heterocycles. The fourth-order valence-corrected chi connectivity index (χ4v) is 9.16. The predicted octanol–water partition coefficient (Wildman–Crippen LogP) is 4.80. The Bertz CT molecular complexity index is 883. The summed E-state index contributed by atoms with van der Waals surface area (Å²) in [6, 6.07) is 0. The second kappa shape index (κ2) is 9.51. The molecule has 10 atom stereocenters. The Kier molecular flexibility index (Phi) is 7.11. The normalized spacial score (nSPS) is 43.3. The molecule has 8 unspecified atom stereocenters. The standard InChI is InChI=1S/C28H42O7/c1-15(6-9-25(32)33)20-7-8-21-26-22(14-24(28(20,21)5)35-17(3)30)27(4)11-10-19(31)12-18(27)13-23(26)34-16(2)29/h15,18,20-24,26H,6-14H2,1-5H3,(H,32,33)/t15?,18?,20?,21?,22?,23?,24?,26?,27-,28+/m0/s1. The number of hydrogen-bond donors (Lipinski definition) is 1. The van der Waals surface area contributed by atoms with E-state index in [1.807, 2.05) is 0 Å². The summed E-state index contributed by atoms with van der Waals surface area (Å²) < 4.78 is 12.1. The minimum atomic E-state index is -0.787. The molecule has 0 amide bonds. The quantitative estimate of drug-likeness (QED) is 0.533. The third kappa shape index (κ3) is 4.53. The van der Waals surface area contributed by atoms with Gasteiger partial charge in [0.15, 0.2) is 0 Å². The van der Waals surface area contributed by atoms with Crippen LogP contribution in [0, 0.1) is 46.3 Å². The minimum Gasteiger partial charge on any atom is -0.481 e. The monoisotopic (exact) mass is 490 g/mol. The Morgan fingerprint density at radius 2 is 1.74 bits per heavy atom. The third-order valence-corrected chi connectivity index (χ3v) is 10.7. The molecule has 0 aromatic rings. The molecule has 7 nitrogen and oxygen atoms in total. The van der Waals surface area contributed by atoms with Crippen LogP contribution in [0.25, 0.3) is 0 Å². The molecule has 0 saturated heterocycles. The molecule has 0 aromatic heterocycles. The largest absolute Gasteiger partial charge is 0.481 e. The van der Waals surface area contributed by atoms with Gasteiger partial charge in [0.2, 0.25) is 0 Å². The van der Waals surface area contributed by atoms with Crippen LogP contribution in [-0.4, -0.2) is 41.0 Å². The molecule has 4 fully saturated rings. The molecule has 0 aromatic carbocycles. The summed E-state index contributed by atoms with van der Waals surface area (Å²) in [6.07, 6.45) is 5.50. The zero-order valence-corrected chi connectivity index (χ0v) is 21.9. The number of hydrogen-bond acceptors (Lipinski definition) is 6. The maximum atomic E-state index is 12.4. The van der Waals surface area contributed by atoms with Crippen LogP contribution in [0.2, 0.25) is 0 Å². The number of aliphatic carboxylic acids is 1. The summed E-state index contributed by atoms with van der Waals surface area (Å²) >= 11 is 0. The zero-order valence-electron chi connectivity index (χ0n) is 21.9. The highest BCUT2D eigenvalue weighted by Gasteiger charge is 2.67. The van der Waals surface area contributed by atoms with E-state index < -0.39 is 5.97 Å². The van der Waals surface area contributed by atoms with Gasteiger partial charge in [-0.1, -0.05) is 20.8 Å². The van der Waals surface area contributed by atoms with E-state index in [9.17, 15) is 24.3 Å². The highest BCUT2D eigenvalue weighted by Crippen LogP contribution is 2.69. The van der Waals surface area contributed by atoms with Crippen LogP contribution < -0.4 is 0 Å². The predicted molar refractivity (Wildman–Crippen MR) is 128 cm³/mol. The number of rotatable bonds is 6. The average molecular weight is 491 g/mol. The van der Waals surface area contributed by atoms with Crippen LogP contribution in [0.1, 0.15) is 92.4 Å². The van der Waals surface area contributed by atoms with Gasteiger partial charge in [-0.3, -0.25) is 19.2 Å². The highest BCUT2D eigenvalue weighted by atomic mass is 16.5. The molecule has 4 rings (SSSR count). The van der Waals surface area contributed by atoms with Crippen LogP contribution in [0.15, 0.2) is 0 Å². The van der Waals surface area contributed by atoms with Crippen molar-refractivity contribution in [2.24, 2.45) is 46.3 Å². The van der Waals surface area contributed by atoms with Crippen LogP contribution in [0.3, 0.4) is 0 Å². The van der Waals surface area contributed by atoms with Crippen molar-refractivity contribution in [3.8, 4) is 0 Å². The Morgan fingerprint density at radius 1 is 1.06 bits per heavy atom. The van der Waals surface area contributed by atoms with E-state index in [0.29, 0.717) is 32.1 Å². The van der Waals surface area contributed by atoms with Crippen molar-refractivity contribution in [1.29, 1.82) is 0 Å². The first-order valence-corrected chi connectivity index (χ1v) is 13.5. The highest BCUT2D eigenvalue weighted by molar-refractivity contribution is 5.79. The lowest BCUT2D eigenvalue weighted by atomic mass is 9.43. The Balaban J connectivity index is 1.74. The van der Waals surface area contributed by atoms with Gasteiger partial charge in [0.25, 0.3) is 0 Å². The molecule has 0 spiro atoms. The number of carbonyl (C=O) groups is 4. The molecule has 4 saturated carbocycles. The fourth-order valence-electron chi connectivity index (χ4n) is 9.16. The number of carboxylic acid groups (broad SMARTS) is 1. The summed E-state index contributed by atoms with van der Waals surface area (Å²) in [5, 5.41) is 9.26. The van der Waals surface area contributed by atoms with Crippen LogP contribution in [0.5, 0.6) is 0 Å². The van der Waals surface area contributed by atoms with E-state index >= 15 is 0 Å². The topological polar surface area (TPSA) is 107 Å². The smallest absolute Gasteiger partial charge is 0.303 e. The zero-order chi connectivity index (χ0) is 25.7. The molecule has 0 aliphatic heterocycles. The van der Waals surface area contributed by atoms with Crippen molar-refractivity contribution in [2.45, 2.75) is 105 Å². The van der Waals surface area contributed by atoms with Gasteiger partial charge < -0.3 is 14.6 Å². The SMILES string of the molecule is CC(=O)OC1CC2CC(=O)CC[C@]2(C)C2CC(OC(C)=O)[C@]3(C)C(C(C)CCC(=O)O)CCC3C12. The first-order chi connectivity index (χ1) is 16.4. The van der Waals surface area contributed by atoms with Gasteiger partial charge in [0.05, 0.1) is 0 Å². The van der Waals surface area contributed by atoms with E-state index in [2.05, 4.69) is 20.8 Å². The molecule has 0 radical (unpaired) electrons. The van der Waals surface area contributed by atoms with E-state index in [4.69, 9.17) is 9.47 Å². The summed E-state index contributed by atoms with van der Waals surface area (Å²) in [6.45, 7) is 9.60. The third-order valence-electron chi connectivity index (χ3n) is 10.7. The van der Waals surface area contributed by atoms with Crippen LogP contribution in [0.4, 0.5) is 0 Å². The lowest BCUT2D eigenvalue weighted by Gasteiger charge is -2.63. The van der Waals surface area contributed by atoms with E-state index in [-0.39, 0.29) is 82.7 Å². The van der Waals surface area contributed by atoms with Crippen molar-refractivity contribution in [3.05, 3.63) is 0 Å². The molecule has 4 aliphatic rings. The minimum absolute atomic E-state index is 0.0536. The Labute approximate surface area is 208 Å². The van der Waals surface area contributed by atoms with E-state index in [1.54, 1.807) is 0 Å². The molecule has 4 aliphatic carbocycles. The first-order valence-electron chi connectivity index (χ1n) is 13.5. The average Bonchev–Trinajstić information content (AvgIpc) is 3.11. The molecule has 7 heteroatoms. The molecule has 196 valence electrons. The van der Waals surface area contributed by atoms with Crippen molar-refractivity contribution < 1.29 is 33.8 Å². The molecule has 35 heavy (non-hydrogen) atoms. The maximum absolute atomic E-state index is 12.4. The number of Topliss-reactive ketones (excluding diaryl/α,β-unsaturated/α-hetero) is 1. The summed E-state index contributed by atoms with van der Waals surface area (Å²) in [5.74, 6) is 0.0817. The molecule has 1 N–H and O–H groups in total. The fraction of sp³-hybridized carbons (Fsp3) is 0.857. The summed E-state index contributed by atoms with van der Waals surface area (Å²) in [7, 11) is 0. The van der Waals surface area contributed by atoms with Crippen molar-refractivity contribution in [3.63, 3.8) is 0 Å². The van der Waals surface area contributed by atoms with E-state index in [1.165, 1.54) is 13.8 Å². The summed E-state index contributed by atoms with van der Waals surface area (Å²) in [4.78, 5) is 48.2. The van der Waals surface area contributed by atoms with Crippen molar-refractivity contribution >= 4 is 23.7 Å². The number of ketones is 1. The number of carbonyl (C=O) groups excluding carboxylic acids is 3. The van der Waals surface area contributed by atoms with Gasteiger partial charge >= 0.3 is 17.9 Å². The number of carboxylic acids is 1. The lowest BCUT2D eigenvalue weighted by molar-refractivity contribution is -0.219. The van der Waals surface area contributed by atoms with Gasteiger partial charge in [-0.05, 0) is 73.5 Å². The van der Waals surface area contributed by atoms with Crippen molar-refractivity contribution in [2.75, 3.05) is 0 Å².